The molecule has 1 saturated heterocycles. The number of piperazine rings is 1. The normalized spacial score (nSPS) is 17.3. The highest BCUT2D eigenvalue weighted by Crippen LogP contribution is 2.31. The zero-order chi connectivity index (χ0) is 18.1. The average molecular weight is 349 g/mol. The molecule has 0 aliphatic carbocycles. The molecule has 0 unspecified atom stereocenters. The number of rotatable bonds is 2. The Morgan fingerprint density at radius 2 is 1.65 bits per heavy atom. The average Bonchev–Trinajstić information content (AvgIpc) is 2.71. The molecule has 0 N–H and O–H groups in total. The number of carbonyl (C=O) groups is 2. The summed E-state index contributed by atoms with van der Waals surface area (Å²) in [6.07, 6.45) is 1.38. The predicted octanol–water partition coefficient (Wildman–Crippen LogP) is 2.56. The van der Waals surface area contributed by atoms with Gasteiger partial charge in [0.25, 0.3) is 5.91 Å². The van der Waals surface area contributed by atoms with E-state index in [-0.39, 0.29) is 11.8 Å². The van der Waals surface area contributed by atoms with Gasteiger partial charge in [-0.25, -0.2) is 0 Å². The number of carbonyl (C=O) groups excluding carboxylic acids is 2. The zero-order valence-corrected chi connectivity index (χ0v) is 15.0. The molecule has 2 amide bonds. The number of nitrogens with zero attached hydrogens (tertiary/aromatic N) is 3. The minimum absolute atomic E-state index is 0.107. The summed E-state index contributed by atoms with van der Waals surface area (Å²) >= 11 is 0. The van der Waals surface area contributed by atoms with Crippen LogP contribution in [0, 0.1) is 0 Å². The maximum absolute atomic E-state index is 12.6. The molecule has 2 aliphatic rings. The lowest BCUT2D eigenvalue weighted by molar-refractivity contribution is -0.118. The van der Waals surface area contributed by atoms with E-state index < -0.39 is 0 Å². The Morgan fingerprint density at radius 1 is 0.923 bits per heavy atom. The lowest BCUT2D eigenvalue weighted by Crippen LogP contribution is -2.48. The quantitative estimate of drug-likeness (QED) is 0.837. The number of fused-ring (bicyclic) bond motifs is 1. The fourth-order valence-corrected chi connectivity index (χ4v) is 3.77. The second-order valence-corrected chi connectivity index (χ2v) is 6.91. The number of benzene rings is 2. The first-order chi connectivity index (χ1) is 12.6. The molecule has 0 spiro atoms. The van der Waals surface area contributed by atoms with E-state index in [1.807, 2.05) is 48.3 Å². The molecular formula is C21H23N3O2. The Balaban J connectivity index is 1.44. The summed E-state index contributed by atoms with van der Waals surface area (Å²) in [5.41, 5.74) is 4.18. The van der Waals surface area contributed by atoms with Gasteiger partial charge in [-0.15, -0.1) is 0 Å². The minimum Gasteiger partial charge on any atom is -0.368 e. The van der Waals surface area contributed by atoms with Crippen molar-refractivity contribution < 1.29 is 9.59 Å². The molecule has 2 aromatic rings. The number of aryl methyl sites for hydroxylation is 1. The smallest absolute Gasteiger partial charge is 0.253 e. The molecular weight excluding hydrogens is 326 g/mol. The van der Waals surface area contributed by atoms with Gasteiger partial charge in [0.15, 0.2) is 0 Å². The fourth-order valence-electron chi connectivity index (χ4n) is 3.77. The van der Waals surface area contributed by atoms with Gasteiger partial charge in [-0.3, -0.25) is 9.59 Å². The van der Waals surface area contributed by atoms with Gasteiger partial charge in [-0.05, 0) is 42.3 Å². The summed E-state index contributed by atoms with van der Waals surface area (Å²) in [4.78, 5) is 30.4. The summed E-state index contributed by atoms with van der Waals surface area (Å²) in [5.74, 6) is 0.286. The van der Waals surface area contributed by atoms with E-state index in [1.165, 1.54) is 11.3 Å². The third-order valence-corrected chi connectivity index (χ3v) is 5.36. The van der Waals surface area contributed by atoms with E-state index in [0.717, 1.165) is 43.9 Å². The van der Waals surface area contributed by atoms with Crippen LogP contribution in [0.2, 0.25) is 0 Å². The van der Waals surface area contributed by atoms with Crippen LogP contribution in [0.4, 0.5) is 11.4 Å². The van der Waals surface area contributed by atoms with Gasteiger partial charge >= 0.3 is 0 Å². The topological polar surface area (TPSA) is 43.9 Å². The Labute approximate surface area is 153 Å². The van der Waals surface area contributed by atoms with Crippen LogP contribution in [0.25, 0.3) is 0 Å². The van der Waals surface area contributed by atoms with Gasteiger partial charge < -0.3 is 14.7 Å². The first-order valence-corrected chi connectivity index (χ1v) is 9.12. The number of hydrogen-bond acceptors (Lipinski definition) is 3. The monoisotopic (exact) mass is 349 g/mol. The van der Waals surface area contributed by atoms with Gasteiger partial charge in [0.2, 0.25) is 5.91 Å². The van der Waals surface area contributed by atoms with Crippen LogP contribution in [0.1, 0.15) is 22.3 Å². The number of amides is 2. The molecule has 1 fully saturated rings. The van der Waals surface area contributed by atoms with E-state index in [9.17, 15) is 9.59 Å². The van der Waals surface area contributed by atoms with Crippen molar-refractivity contribution in [2.75, 3.05) is 43.0 Å². The summed E-state index contributed by atoms with van der Waals surface area (Å²) in [6.45, 7) is 3.10. The number of anilines is 2. The maximum atomic E-state index is 12.6. The van der Waals surface area contributed by atoms with Crippen molar-refractivity contribution in [2.24, 2.45) is 0 Å². The van der Waals surface area contributed by atoms with Crippen molar-refractivity contribution in [3.05, 3.63) is 59.7 Å². The van der Waals surface area contributed by atoms with Gasteiger partial charge in [0, 0.05) is 56.6 Å². The van der Waals surface area contributed by atoms with Crippen molar-refractivity contribution in [1.29, 1.82) is 0 Å². The lowest BCUT2D eigenvalue weighted by atomic mass is 10.0. The first kappa shape index (κ1) is 16.6. The fraction of sp³-hybridized carbons (Fsp3) is 0.333. The predicted molar refractivity (Wildman–Crippen MR) is 103 cm³/mol. The van der Waals surface area contributed by atoms with Crippen molar-refractivity contribution in [2.45, 2.75) is 12.8 Å². The standard InChI is InChI=1S/C21H23N3O2/c1-22-19-9-8-18(15-17(19)7-10-20(22)25)23-11-13-24(14-12-23)21(26)16-5-3-2-4-6-16/h2-6,8-9,15H,7,10-14H2,1H3. The second-order valence-electron chi connectivity index (χ2n) is 6.91. The molecule has 2 aliphatic heterocycles. The van der Waals surface area contributed by atoms with E-state index in [2.05, 4.69) is 17.0 Å². The van der Waals surface area contributed by atoms with E-state index in [1.54, 1.807) is 4.90 Å². The first-order valence-electron chi connectivity index (χ1n) is 9.12. The lowest BCUT2D eigenvalue weighted by Gasteiger charge is -2.37. The third-order valence-electron chi connectivity index (χ3n) is 5.36. The Bertz CT molecular complexity index is 826. The molecule has 2 heterocycles. The van der Waals surface area contributed by atoms with Gasteiger partial charge in [-0.1, -0.05) is 18.2 Å². The van der Waals surface area contributed by atoms with Crippen LogP contribution in [0.3, 0.4) is 0 Å². The highest BCUT2D eigenvalue weighted by molar-refractivity contribution is 5.96. The SMILES string of the molecule is CN1C(=O)CCc2cc(N3CCN(C(=O)c4ccccc4)CC3)ccc21. The molecule has 0 bridgehead atoms. The Kier molecular flexibility index (Phi) is 4.37. The largest absolute Gasteiger partial charge is 0.368 e. The van der Waals surface area contributed by atoms with Crippen LogP contribution in [-0.2, 0) is 11.2 Å². The summed E-state index contributed by atoms with van der Waals surface area (Å²) in [6, 6.07) is 15.8. The minimum atomic E-state index is 0.107. The Morgan fingerprint density at radius 3 is 2.38 bits per heavy atom. The second kappa shape index (κ2) is 6.83. The van der Waals surface area contributed by atoms with E-state index in [0.29, 0.717) is 6.42 Å². The molecule has 4 rings (SSSR count). The third kappa shape index (κ3) is 3.05. The highest BCUT2D eigenvalue weighted by Gasteiger charge is 2.25. The van der Waals surface area contributed by atoms with Crippen LogP contribution >= 0.6 is 0 Å². The van der Waals surface area contributed by atoms with Crippen LogP contribution in [0.15, 0.2) is 48.5 Å². The summed E-state index contributed by atoms with van der Waals surface area (Å²) in [7, 11) is 1.84. The summed E-state index contributed by atoms with van der Waals surface area (Å²) < 4.78 is 0. The molecule has 0 atom stereocenters. The van der Waals surface area contributed by atoms with Crippen LogP contribution in [-0.4, -0.2) is 49.9 Å². The van der Waals surface area contributed by atoms with Gasteiger partial charge in [0.1, 0.15) is 0 Å². The van der Waals surface area contributed by atoms with Gasteiger partial charge in [-0.2, -0.15) is 0 Å². The maximum Gasteiger partial charge on any atom is 0.253 e. The molecule has 0 radical (unpaired) electrons. The van der Waals surface area contributed by atoms with E-state index >= 15 is 0 Å². The van der Waals surface area contributed by atoms with Crippen molar-refractivity contribution in [3.63, 3.8) is 0 Å². The van der Waals surface area contributed by atoms with E-state index in [4.69, 9.17) is 0 Å². The van der Waals surface area contributed by atoms with Crippen molar-refractivity contribution in [1.82, 2.24) is 4.90 Å². The van der Waals surface area contributed by atoms with Crippen LogP contribution < -0.4 is 9.80 Å². The van der Waals surface area contributed by atoms with Crippen LogP contribution in [0.5, 0.6) is 0 Å². The zero-order valence-electron chi connectivity index (χ0n) is 15.0. The van der Waals surface area contributed by atoms with Crippen molar-refractivity contribution in [3.8, 4) is 0 Å². The van der Waals surface area contributed by atoms with Crippen molar-refractivity contribution >= 4 is 23.2 Å². The highest BCUT2D eigenvalue weighted by atomic mass is 16.2. The Hall–Kier alpha value is -2.82. The molecule has 0 saturated carbocycles. The molecule has 134 valence electrons. The summed E-state index contributed by atoms with van der Waals surface area (Å²) in [5, 5.41) is 0. The molecule has 26 heavy (non-hydrogen) atoms. The molecule has 5 heteroatoms. The van der Waals surface area contributed by atoms with Gasteiger partial charge in [0.05, 0.1) is 0 Å². The molecule has 5 nitrogen and oxygen atoms in total. The number of hydrogen-bond donors (Lipinski definition) is 0. The molecule has 0 aromatic heterocycles. The molecule has 2 aromatic carbocycles.